The fourth-order valence-corrected chi connectivity index (χ4v) is 2.07. The zero-order valence-corrected chi connectivity index (χ0v) is 12.7. The summed E-state index contributed by atoms with van der Waals surface area (Å²) in [5.41, 5.74) is -0.0852. The van der Waals surface area contributed by atoms with Crippen molar-refractivity contribution in [2.45, 2.75) is 45.1 Å². The summed E-state index contributed by atoms with van der Waals surface area (Å²) in [6.07, 6.45) is 4.21. The van der Waals surface area contributed by atoms with E-state index in [1.54, 1.807) is 7.11 Å². The van der Waals surface area contributed by atoms with Crippen molar-refractivity contribution < 1.29 is 9.84 Å². The van der Waals surface area contributed by atoms with Gasteiger partial charge in [-0.25, -0.2) is 0 Å². The van der Waals surface area contributed by atoms with Crippen LogP contribution in [-0.4, -0.2) is 62.6 Å². The molecular weight excluding hydrogens is 228 g/mol. The highest BCUT2D eigenvalue weighted by Gasteiger charge is 2.25. The van der Waals surface area contributed by atoms with Crippen LogP contribution in [0.1, 0.15) is 39.5 Å². The minimum atomic E-state index is -0.0852. The molecule has 0 saturated heterocycles. The second kappa shape index (κ2) is 10.7. The summed E-state index contributed by atoms with van der Waals surface area (Å²) in [6, 6.07) is 0. The van der Waals surface area contributed by atoms with Crippen LogP contribution in [0.25, 0.3) is 0 Å². The van der Waals surface area contributed by atoms with Crippen LogP contribution in [0.3, 0.4) is 0 Å². The van der Waals surface area contributed by atoms with Gasteiger partial charge in [-0.1, -0.05) is 13.8 Å². The molecule has 0 heterocycles. The van der Waals surface area contributed by atoms with Gasteiger partial charge in [0.1, 0.15) is 0 Å². The summed E-state index contributed by atoms with van der Waals surface area (Å²) >= 11 is 0. The number of hydrogen-bond acceptors (Lipinski definition) is 4. The van der Waals surface area contributed by atoms with Gasteiger partial charge >= 0.3 is 0 Å². The van der Waals surface area contributed by atoms with E-state index < -0.39 is 0 Å². The lowest BCUT2D eigenvalue weighted by molar-refractivity contribution is 0.133. The maximum Gasteiger partial charge on any atom is 0.0613 e. The van der Waals surface area contributed by atoms with E-state index in [1.165, 1.54) is 0 Å². The first-order chi connectivity index (χ1) is 8.64. The van der Waals surface area contributed by atoms with E-state index in [1.807, 2.05) is 0 Å². The standard InChI is InChI=1S/C14H32N2O2/c1-5-9-15-14(6-2,13-17)8-7-10-16(3)11-12-18-4/h15,17H,5-13H2,1-4H3. The molecule has 1 atom stereocenters. The number of aliphatic hydroxyl groups excluding tert-OH is 1. The molecule has 0 rings (SSSR count). The highest BCUT2D eigenvalue weighted by molar-refractivity contribution is 4.86. The lowest BCUT2D eigenvalue weighted by Crippen LogP contribution is -2.48. The van der Waals surface area contributed by atoms with Crippen molar-refractivity contribution in [2.24, 2.45) is 0 Å². The molecule has 0 aromatic rings. The Morgan fingerprint density at radius 1 is 1.28 bits per heavy atom. The van der Waals surface area contributed by atoms with Crippen LogP contribution in [0.5, 0.6) is 0 Å². The highest BCUT2D eigenvalue weighted by atomic mass is 16.5. The molecule has 0 radical (unpaired) electrons. The number of nitrogens with one attached hydrogen (secondary N) is 1. The fourth-order valence-electron chi connectivity index (χ4n) is 2.07. The lowest BCUT2D eigenvalue weighted by Gasteiger charge is -2.33. The minimum Gasteiger partial charge on any atom is -0.394 e. The van der Waals surface area contributed by atoms with E-state index in [9.17, 15) is 5.11 Å². The van der Waals surface area contributed by atoms with E-state index in [0.29, 0.717) is 0 Å². The Labute approximate surface area is 113 Å². The van der Waals surface area contributed by atoms with Gasteiger partial charge in [-0.3, -0.25) is 0 Å². The Morgan fingerprint density at radius 2 is 2.00 bits per heavy atom. The normalized spacial score (nSPS) is 15.0. The lowest BCUT2D eigenvalue weighted by atomic mass is 9.91. The second-order valence-corrected chi connectivity index (χ2v) is 5.12. The topological polar surface area (TPSA) is 44.7 Å². The van der Waals surface area contributed by atoms with E-state index in [2.05, 4.69) is 31.1 Å². The molecule has 0 aliphatic heterocycles. The molecule has 0 bridgehead atoms. The van der Waals surface area contributed by atoms with Crippen molar-refractivity contribution >= 4 is 0 Å². The molecule has 0 aromatic carbocycles. The second-order valence-electron chi connectivity index (χ2n) is 5.12. The molecule has 0 saturated carbocycles. The van der Waals surface area contributed by atoms with E-state index in [4.69, 9.17) is 4.74 Å². The number of aliphatic hydroxyl groups is 1. The third-order valence-electron chi connectivity index (χ3n) is 3.60. The predicted molar refractivity (Wildman–Crippen MR) is 77.0 cm³/mol. The van der Waals surface area contributed by atoms with Gasteiger partial charge in [-0.15, -0.1) is 0 Å². The van der Waals surface area contributed by atoms with Crippen LogP contribution in [0.4, 0.5) is 0 Å². The van der Waals surface area contributed by atoms with Gasteiger partial charge in [0, 0.05) is 19.2 Å². The zero-order chi connectivity index (χ0) is 13.9. The van der Waals surface area contributed by atoms with Crippen molar-refractivity contribution in [1.29, 1.82) is 0 Å². The molecule has 4 nitrogen and oxygen atoms in total. The summed E-state index contributed by atoms with van der Waals surface area (Å²) in [4.78, 5) is 2.28. The third kappa shape index (κ3) is 7.31. The summed E-state index contributed by atoms with van der Waals surface area (Å²) in [7, 11) is 3.85. The van der Waals surface area contributed by atoms with Gasteiger partial charge in [-0.2, -0.15) is 0 Å². The summed E-state index contributed by atoms with van der Waals surface area (Å²) in [6.45, 7) is 8.32. The zero-order valence-electron chi connectivity index (χ0n) is 12.7. The highest BCUT2D eigenvalue weighted by Crippen LogP contribution is 2.17. The number of methoxy groups -OCH3 is 1. The van der Waals surface area contributed by atoms with Crippen LogP contribution in [0.2, 0.25) is 0 Å². The SMILES string of the molecule is CCCNC(CC)(CO)CCCN(C)CCOC. The first-order valence-corrected chi connectivity index (χ1v) is 7.17. The van der Waals surface area contributed by atoms with E-state index >= 15 is 0 Å². The first kappa shape index (κ1) is 17.8. The van der Waals surface area contributed by atoms with Crippen molar-refractivity contribution in [1.82, 2.24) is 10.2 Å². The quantitative estimate of drug-likeness (QED) is 0.558. The molecule has 110 valence electrons. The predicted octanol–water partition coefficient (Wildman–Crippen LogP) is 1.49. The number of ether oxygens (including phenoxy) is 1. The number of nitrogens with zero attached hydrogens (tertiary/aromatic N) is 1. The van der Waals surface area contributed by atoms with Crippen molar-refractivity contribution in [2.75, 3.05) is 47.0 Å². The molecule has 0 fully saturated rings. The Hall–Kier alpha value is -0.160. The van der Waals surface area contributed by atoms with E-state index in [0.717, 1.165) is 51.9 Å². The van der Waals surface area contributed by atoms with Crippen LogP contribution >= 0.6 is 0 Å². The van der Waals surface area contributed by atoms with Crippen LogP contribution < -0.4 is 5.32 Å². The maximum absolute atomic E-state index is 9.61. The van der Waals surface area contributed by atoms with Crippen molar-refractivity contribution in [3.8, 4) is 0 Å². The molecule has 0 amide bonds. The largest absolute Gasteiger partial charge is 0.394 e. The van der Waals surface area contributed by atoms with Gasteiger partial charge in [0.2, 0.25) is 0 Å². The Morgan fingerprint density at radius 3 is 2.50 bits per heavy atom. The van der Waals surface area contributed by atoms with Gasteiger partial charge in [0.15, 0.2) is 0 Å². The van der Waals surface area contributed by atoms with Crippen molar-refractivity contribution in [3.63, 3.8) is 0 Å². The van der Waals surface area contributed by atoms with Crippen LogP contribution in [-0.2, 0) is 4.74 Å². The molecule has 2 N–H and O–H groups in total. The fraction of sp³-hybridized carbons (Fsp3) is 1.00. The Bertz CT molecular complexity index is 185. The van der Waals surface area contributed by atoms with Gasteiger partial charge in [0.05, 0.1) is 13.2 Å². The molecule has 0 aliphatic rings. The Balaban J connectivity index is 3.95. The molecule has 1 unspecified atom stereocenters. The van der Waals surface area contributed by atoms with E-state index in [-0.39, 0.29) is 12.1 Å². The smallest absolute Gasteiger partial charge is 0.0613 e. The summed E-state index contributed by atoms with van der Waals surface area (Å²) in [5, 5.41) is 13.1. The Kier molecular flexibility index (Phi) is 10.6. The first-order valence-electron chi connectivity index (χ1n) is 7.17. The monoisotopic (exact) mass is 260 g/mol. The van der Waals surface area contributed by atoms with Crippen LogP contribution in [0.15, 0.2) is 0 Å². The maximum atomic E-state index is 9.61. The number of hydrogen-bond donors (Lipinski definition) is 2. The number of rotatable bonds is 12. The van der Waals surface area contributed by atoms with Gasteiger partial charge in [-0.05, 0) is 45.8 Å². The molecule has 18 heavy (non-hydrogen) atoms. The average molecular weight is 260 g/mol. The number of likely N-dealkylation sites (N-methyl/N-ethyl adjacent to an activating group) is 1. The summed E-state index contributed by atoms with van der Waals surface area (Å²) in [5.74, 6) is 0. The summed E-state index contributed by atoms with van der Waals surface area (Å²) < 4.78 is 5.06. The molecule has 0 aromatic heterocycles. The van der Waals surface area contributed by atoms with Crippen molar-refractivity contribution in [3.05, 3.63) is 0 Å². The molecule has 0 aliphatic carbocycles. The van der Waals surface area contributed by atoms with Gasteiger partial charge < -0.3 is 20.1 Å². The molecule has 4 heteroatoms. The molecule has 0 spiro atoms. The minimum absolute atomic E-state index is 0.0852. The van der Waals surface area contributed by atoms with Gasteiger partial charge in [0.25, 0.3) is 0 Å². The molecular formula is C14H32N2O2. The van der Waals surface area contributed by atoms with Crippen LogP contribution in [0, 0.1) is 0 Å². The third-order valence-corrected chi connectivity index (χ3v) is 3.60. The average Bonchev–Trinajstić information content (AvgIpc) is 2.40.